The van der Waals surface area contributed by atoms with E-state index in [4.69, 9.17) is 0 Å². The van der Waals surface area contributed by atoms with Crippen LogP contribution in [0.25, 0.3) is 0 Å². The summed E-state index contributed by atoms with van der Waals surface area (Å²) in [6, 6.07) is 6.20. The van der Waals surface area contributed by atoms with Crippen molar-refractivity contribution >= 4 is 5.78 Å². The van der Waals surface area contributed by atoms with E-state index in [0.29, 0.717) is 11.7 Å². The van der Waals surface area contributed by atoms with Gasteiger partial charge in [0.25, 0.3) is 0 Å². The molecule has 2 rings (SSSR count). The fourth-order valence-corrected chi connectivity index (χ4v) is 1.79. The van der Waals surface area contributed by atoms with E-state index in [1.165, 1.54) is 5.56 Å². The quantitative estimate of drug-likeness (QED) is 0.666. The lowest BCUT2D eigenvalue weighted by Crippen LogP contribution is -2.04. The predicted molar refractivity (Wildman–Crippen MR) is 57.6 cm³/mol. The highest BCUT2D eigenvalue weighted by atomic mass is 16.1. The number of Topliss-reactive ketones (excluding diaryl/α,β-unsaturated/α-hetero) is 1. The maximum atomic E-state index is 11.8. The van der Waals surface area contributed by atoms with E-state index in [2.05, 4.69) is 19.1 Å². The fraction of sp³-hybridized carbons (Fsp3) is 0.462. The second-order valence-electron chi connectivity index (χ2n) is 4.14. The third-order valence-corrected chi connectivity index (χ3v) is 2.91. The molecule has 1 aromatic carbocycles. The summed E-state index contributed by atoms with van der Waals surface area (Å²) < 4.78 is 0. The van der Waals surface area contributed by atoms with Crippen LogP contribution in [0.4, 0.5) is 0 Å². The second kappa shape index (κ2) is 3.56. The van der Waals surface area contributed by atoms with Crippen LogP contribution in [-0.4, -0.2) is 5.78 Å². The summed E-state index contributed by atoms with van der Waals surface area (Å²) in [4.78, 5) is 11.8. The molecule has 1 aliphatic rings. The van der Waals surface area contributed by atoms with Crippen LogP contribution in [0.15, 0.2) is 18.2 Å². The highest BCUT2D eigenvalue weighted by Crippen LogP contribution is 2.33. The Morgan fingerprint density at radius 3 is 2.64 bits per heavy atom. The summed E-state index contributed by atoms with van der Waals surface area (Å²) in [7, 11) is 0. The average molecular weight is 188 g/mol. The fourth-order valence-electron chi connectivity index (χ4n) is 1.79. The average Bonchev–Trinajstić information content (AvgIpc) is 3.00. The Morgan fingerprint density at radius 1 is 1.43 bits per heavy atom. The molecule has 0 N–H and O–H groups in total. The smallest absolute Gasteiger partial charge is 0.166 e. The molecule has 0 spiro atoms. The van der Waals surface area contributed by atoms with Gasteiger partial charge >= 0.3 is 0 Å². The summed E-state index contributed by atoms with van der Waals surface area (Å²) in [5.41, 5.74) is 3.39. The van der Waals surface area contributed by atoms with Crippen molar-refractivity contribution in [1.29, 1.82) is 0 Å². The standard InChI is InChI=1S/C13H16O/c1-3-10-4-7-12(9(2)8-10)13(14)11-5-6-11/h4,7-8,11H,3,5-6H2,1-2H3. The Hall–Kier alpha value is -1.11. The number of hydrogen-bond acceptors (Lipinski definition) is 1. The predicted octanol–water partition coefficient (Wildman–Crippen LogP) is 3.15. The van der Waals surface area contributed by atoms with E-state index in [9.17, 15) is 4.79 Å². The summed E-state index contributed by atoms with van der Waals surface area (Å²) in [6.45, 7) is 4.17. The van der Waals surface area contributed by atoms with Gasteiger partial charge in [0.2, 0.25) is 0 Å². The molecule has 1 aromatic rings. The molecule has 0 aromatic heterocycles. The number of ketones is 1. The van der Waals surface area contributed by atoms with Crippen molar-refractivity contribution < 1.29 is 4.79 Å². The molecule has 1 nitrogen and oxygen atoms in total. The summed E-state index contributed by atoms with van der Waals surface area (Å²) in [6.07, 6.45) is 3.22. The van der Waals surface area contributed by atoms with Crippen LogP contribution in [0.2, 0.25) is 0 Å². The molecule has 0 bridgehead atoms. The zero-order chi connectivity index (χ0) is 10.1. The molecule has 0 atom stereocenters. The molecule has 1 heteroatoms. The zero-order valence-electron chi connectivity index (χ0n) is 8.84. The van der Waals surface area contributed by atoms with Gasteiger partial charge in [-0.1, -0.05) is 25.1 Å². The molecule has 0 aliphatic heterocycles. The van der Waals surface area contributed by atoms with Crippen LogP contribution in [-0.2, 0) is 6.42 Å². The van der Waals surface area contributed by atoms with Gasteiger partial charge in [-0.15, -0.1) is 0 Å². The molecule has 14 heavy (non-hydrogen) atoms. The first-order valence-electron chi connectivity index (χ1n) is 5.36. The highest BCUT2D eigenvalue weighted by molar-refractivity contribution is 6.00. The first-order chi connectivity index (χ1) is 6.72. The minimum absolute atomic E-state index is 0.334. The van der Waals surface area contributed by atoms with Crippen LogP contribution in [0.1, 0.15) is 41.3 Å². The Kier molecular flexibility index (Phi) is 2.40. The van der Waals surface area contributed by atoms with Gasteiger partial charge < -0.3 is 0 Å². The normalized spacial score (nSPS) is 15.6. The second-order valence-corrected chi connectivity index (χ2v) is 4.14. The number of benzene rings is 1. The zero-order valence-corrected chi connectivity index (χ0v) is 8.84. The molecule has 0 amide bonds. The SMILES string of the molecule is CCc1ccc(C(=O)C2CC2)c(C)c1. The van der Waals surface area contributed by atoms with Gasteiger partial charge in [-0.2, -0.15) is 0 Å². The van der Waals surface area contributed by atoms with Crippen LogP contribution in [0.5, 0.6) is 0 Å². The van der Waals surface area contributed by atoms with Gasteiger partial charge in [0.05, 0.1) is 0 Å². The number of carbonyl (C=O) groups excluding carboxylic acids is 1. The lowest BCUT2D eigenvalue weighted by Gasteiger charge is -2.05. The molecule has 0 unspecified atom stereocenters. The van der Waals surface area contributed by atoms with Crippen molar-refractivity contribution in [3.05, 3.63) is 34.9 Å². The molecule has 0 radical (unpaired) electrons. The molecule has 1 fully saturated rings. The van der Waals surface area contributed by atoms with E-state index in [1.54, 1.807) is 0 Å². The summed E-state index contributed by atoms with van der Waals surface area (Å²) >= 11 is 0. The summed E-state index contributed by atoms with van der Waals surface area (Å²) in [5, 5.41) is 0. The number of carbonyl (C=O) groups is 1. The number of aryl methyl sites for hydroxylation is 2. The Labute approximate surface area is 85.1 Å². The first kappa shape index (κ1) is 9.45. The minimum Gasteiger partial charge on any atom is -0.294 e. The number of rotatable bonds is 3. The first-order valence-corrected chi connectivity index (χ1v) is 5.36. The van der Waals surface area contributed by atoms with Crippen LogP contribution in [0, 0.1) is 12.8 Å². The van der Waals surface area contributed by atoms with Crippen molar-refractivity contribution in [2.24, 2.45) is 5.92 Å². The molecular weight excluding hydrogens is 172 g/mol. The van der Waals surface area contributed by atoms with Crippen LogP contribution >= 0.6 is 0 Å². The minimum atomic E-state index is 0.334. The Morgan fingerprint density at radius 2 is 2.14 bits per heavy atom. The molecular formula is C13H16O. The largest absolute Gasteiger partial charge is 0.294 e. The maximum Gasteiger partial charge on any atom is 0.166 e. The van der Waals surface area contributed by atoms with Crippen LogP contribution < -0.4 is 0 Å². The van der Waals surface area contributed by atoms with Crippen molar-refractivity contribution in [2.75, 3.05) is 0 Å². The third kappa shape index (κ3) is 1.72. The van der Waals surface area contributed by atoms with Crippen LogP contribution in [0.3, 0.4) is 0 Å². The monoisotopic (exact) mass is 188 g/mol. The third-order valence-electron chi connectivity index (χ3n) is 2.91. The lowest BCUT2D eigenvalue weighted by atomic mass is 9.98. The topological polar surface area (TPSA) is 17.1 Å². The number of hydrogen-bond donors (Lipinski definition) is 0. The van der Waals surface area contributed by atoms with Gasteiger partial charge in [0, 0.05) is 11.5 Å². The van der Waals surface area contributed by atoms with E-state index in [0.717, 1.165) is 30.4 Å². The highest BCUT2D eigenvalue weighted by Gasteiger charge is 2.30. The maximum absolute atomic E-state index is 11.8. The molecule has 1 aliphatic carbocycles. The van der Waals surface area contributed by atoms with Gasteiger partial charge in [0.15, 0.2) is 5.78 Å². The summed E-state index contributed by atoms with van der Waals surface area (Å²) in [5.74, 6) is 0.686. The van der Waals surface area contributed by atoms with Crippen molar-refractivity contribution in [3.8, 4) is 0 Å². The van der Waals surface area contributed by atoms with E-state index < -0.39 is 0 Å². The Bertz CT molecular complexity index is 361. The van der Waals surface area contributed by atoms with E-state index >= 15 is 0 Å². The molecule has 0 heterocycles. The molecule has 74 valence electrons. The van der Waals surface area contributed by atoms with Crippen molar-refractivity contribution in [2.45, 2.75) is 33.1 Å². The van der Waals surface area contributed by atoms with Gasteiger partial charge in [-0.3, -0.25) is 4.79 Å². The van der Waals surface area contributed by atoms with E-state index in [1.807, 2.05) is 13.0 Å². The Balaban J connectivity index is 2.29. The van der Waals surface area contributed by atoms with Gasteiger partial charge in [-0.05, 0) is 37.3 Å². The van der Waals surface area contributed by atoms with Gasteiger partial charge in [-0.25, -0.2) is 0 Å². The van der Waals surface area contributed by atoms with Crippen molar-refractivity contribution in [3.63, 3.8) is 0 Å². The van der Waals surface area contributed by atoms with Crippen molar-refractivity contribution in [1.82, 2.24) is 0 Å². The lowest BCUT2D eigenvalue weighted by molar-refractivity contribution is 0.0967. The van der Waals surface area contributed by atoms with E-state index in [-0.39, 0.29) is 0 Å². The molecule has 1 saturated carbocycles. The molecule has 0 saturated heterocycles. The van der Waals surface area contributed by atoms with Gasteiger partial charge in [0.1, 0.15) is 0 Å².